The molecule has 0 aliphatic carbocycles. The average molecular weight is 486 g/mol. The molecule has 0 radical (unpaired) electrons. The Hall–Kier alpha value is -4.25. The summed E-state index contributed by atoms with van der Waals surface area (Å²) >= 11 is 0. The van der Waals surface area contributed by atoms with Gasteiger partial charge in [-0.1, -0.05) is 12.1 Å². The lowest BCUT2D eigenvalue weighted by Gasteiger charge is -2.15. The van der Waals surface area contributed by atoms with Gasteiger partial charge >= 0.3 is 5.97 Å². The second kappa shape index (κ2) is 8.60. The number of aromatic nitrogens is 1. The largest absolute Gasteiger partial charge is 0.495 e. The van der Waals surface area contributed by atoms with Gasteiger partial charge in [0.15, 0.2) is 0 Å². The number of rotatable bonds is 6. The first-order valence-electron chi connectivity index (χ1n) is 9.67. The standard InChI is InChI=1S/C23H16F2N2O6S/c1-33-20-11-17(25)18(26-22(28)15-4-2-3-5-16(15)23(29)30)12-21(20)34(31,32)27-9-8-13-6-7-14(24)10-19(13)27/h2-12H,1H3,(H,26,28)(H,29,30). The molecule has 34 heavy (non-hydrogen) atoms. The van der Waals surface area contributed by atoms with Gasteiger partial charge in [-0.25, -0.2) is 26.0 Å². The number of anilines is 1. The summed E-state index contributed by atoms with van der Waals surface area (Å²) in [6, 6.07) is 12.0. The zero-order valence-electron chi connectivity index (χ0n) is 17.5. The molecule has 0 unspecified atom stereocenters. The van der Waals surface area contributed by atoms with Crippen LogP contribution in [-0.4, -0.2) is 36.5 Å². The Balaban J connectivity index is 1.81. The molecule has 0 saturated carbocycles. The van der Waals surface area contributed by atoms with Crippen molar-refractivity contribution >= 4 is 38.5 Å². The summed E-state index contributed by atoms with van der Waals surface area (Å²) in [4.78, 5) is 23.6. The maximum absolute atomic E-state index is 14.7. The van der Waals surface area contributed by atoms with Crippen LogP contribution in [0.2, 0.25) is 0 Å². The average Bonchev–Trinajstić information content (AvgIpc) is 3.23. The molecule has 174 valence electrons. The van der Waals surface area contributed by atoms with E-state index in [4.69, 9.17) is 4.74 Å². The zero-order chi connectivity index (χ0) is 24.6. The molecule has 4 rings (SSSR count). The Kier molecular flexibility index (Phi) is 5.80. The van der Waals surface area contributed by atoms with E-state index in [-0.39, 0.29) is 22.4 Å². The fraction of sp³-hybridized carbons (Fsp3) is 0.0435. The molecule has 0 spiro atoms. The summed E-state index contributed by atoms with van der Waals surface area (Å²) < 4.78 is 61.2. The first-order chi connectivity index (χ1) is 16.1. The highest BCUT2D eigenvalue weighted by Gasteiger charge is 2.27. The van der Waals surface area contributed by atoms with Crippen molar-refractivity contribution in [3.63, 3.8) is 0 Å². The van der Waals surface area contributed by atoms with E-state index in [1.165, 1.54) is 48.7 Å². The lowest BCUT2D eigenvalue weighted by atomic mass is 10.1. The van der Waals surface area contributed by atoms with Gasteiger partial charge in [-0.2, -0.15) is 0 Å². The van der Waals surface area contributed by atoms with Crippen molar-refractivity contribution in [1.29, 1.82) is 0 Å². The van der Waals surface area contributed by atoms with Crippen molar-refractivity contribution in [3.05, 3.63) is 89.6 Å². The fourth-order valence-electron chi connectivity index (χ4n) is 3.44. The Morgan fingerprint density at radius 2 is 1.71 bits per heavy atom. The molecule has 0 saturated heterocycles. The first kappa shape index (κ1) is 22.9. The van der Waals surface area contributed by atoms with Crippen molar-refractivity contribution in [2.75, 3.05) is 12.4 Å². The number of aromatic carboxylic acids is 1. The summed E-state index contributed by atoms with van der Waals surface area (Å²) in [5.74, 6) is -4.34. The van der Waals surface area contributed by atoms with Crippen molar-refractivity contribution in [3.8, 4) is 5.75 Å². The maximum Gasteiger partial charge on any atom is 0.336 e. The number of ether oxygens (including phenoxy) is 1. The normalized spacial score (nSPS) is 11.4. The number of fused-ring (bicyclic) bond motifs is 1. The molecule has 1 aromatic heterocycles. The molecular formula is C23H16F2N2O6S. The molecular weight excluding hydrogens is 470 g/mol. The predicted molar refractivity (Wildman–Crippen MR) is 119 cm³/mol. The number of hydrogen-bond acceptors (Lipinski definition) is 5. The van der Waals surface area contributed by atoms with Crippen LogP contribution in [0.5, 0.6) is 5.75 Å². The number of carbonyl (C=O) groups is 2. The number of hydrogen-bond donors (Lipinski definition) is 2. The molecule has 0 aliphatic rings. The molecule has 8 nitrogen and oxygen atoms in total. The molecule has 11 heteroatoms. The van der Waals surface area contributed by atoms with E-state index < -0.39 is 44.1 Å². The van der Waals surface area contributed by atoms with Crippen molar-refractivity contribution in [2.45, 2.75) is 4.90 Å². The van der Waals surface area contributed by atoms with Crippen LogP contribution < -0.4 is 10.1 Å². The Bertz CT molecular complexity index is 1560. The third-order valence-corrected chi connectivity index (χ3v) is 6.77. The smallest absolute Gasteiger partial charge is 0.336 e. The van der Waals surface area contributed by atoms with Crippen LogP contribution >= 0.6 is 0 Å². The highest BCUT2D eigenvalue weighted by Crippen LogP contribution is 2.33. The number of halogens is 2. The Labute approximate surface area is 192 Å². The van der Waals surface area contributed by atoms with E-state index in [1.807, 2.05) is 0 Å². The lowest BCUT2D eigenvalue weighted by molar-refractivity contribution is 0.0692. The monoisotopic (exact) mass is 486 g/mol. The minimum absolute atomic E-state index is 0.0485. The molecule has 0 fully saturated rings. The minimum Gasteiger partial charge on any atom is -0.495 e. The second-order valence-corrected chi connectivity index (χ2v) is 8.89. The number of benzene rings is 3. The molecule has 0 bridgehead atoms. The van der Waals surface area contributed by atoms with Crippen LogP contribution in [0.4, 0.5) is 14.5 Å². The van der Waals surface area contributed by atoms with Gasteiger partial charge in [-0.3, -0.25) is 4.79 Å². The number of amides is 1. The summed E-state index contributed by atoms with van der Waals surface area (Å²) in [7, 11) is -3.29. The minimum atomic E-state index is -4.43. The van der Waals surface area contributed by atoms with E-state index >= 15 is 0 Å². The number of carboxylic acid groups (broad SMARTS) is 1. The van der Waals surface area contributed by atoms with E-state index in [2.05, 4.69) is 5.32 Å². The number of methoxy groups -OCH3 is 1. The van der Waals surface area contributed by atoms with E-state index in [0.717, 1.165) is 29.3 Å². The fourth-order valence-corrected chi connectivity index (χ4v) is 4.96. The van der Waals surface area contributed by atoms with E-state index in [1.54, 1.807) is 0 Å². The third-order valence-electron chi connectivity index (χ3n) is 5.06. The van der Waals surface area contributed by atoms with Gasteiger partial charge in [0.1, 0.15) is 22.3 Å². The van der Waals surface area contributed by atoms with E-state index in [9.17, 15) is 31.9 Å². The van der Waals surface area contributed by atoms with Gasteiger partial charge in [0, 0.05) is 17.6 Å². The lowest BCUT2D eigenvalue weighted by Crippen LogP contribution is -2.18. The van der Waals surface area contributed by atoms with E-state index in [0.29, 0.717) is 5.39 Å². The van der Waals surface area contributed by atoms with Crippen LogP contribution in [0.1, 0.15) is 20.7 Å². The number of nitrogens with one attached hydrogen (secondary N) is 1. The van der Waals surface area contributed by atoms with Gasteiger partial charge < -0.3 is 15.2 Å². The van der Waals surface area contributed by atoms with Gasteiger partial charge in [-0.05, 0) is 42.5 Å². The molecule has 1 heterocycles. The molecule has 0 aliphatic heterocycles. The van der Waals surface area contributed by atoms with Crippen LogP contribution in [0.3, 0.4) is 0 Å². The summed E-state index contributed by atoms with van der Waals surface area (Å²) in [6.45, 7) is 0. The molecule has 3 aromatic carbocycles. The molecule has 0 atom stereocenters. The van der Waals surface area contributed by atoms with Crippen LogP contribution in [0.15, 0.2) is 71.8 Å². The summed E-state index contributed by atoms with van der Waals surface area (Å²) in [6.07, 6.45) is 1.21. The van der Waals surface area contributed by atoms with Crippen molar-refractivity contribution in [2.24, 2.45) is 0 Å². The third kappa shape index (κ3) is 3.97. The van der Waals surface area contributed by atoms with Crippen LogP contribution in [-0.2, 0) is 10.0 Å². The van der Waals surface area contributed by atoms with Crippen LogP contribution in [0.25, 0.3) is 10.9 Å². The second-order valence-electron chi connectivity index (χ2n) is 7.11. The van der Waals surface area contributed by atoms with Crippen molar-refractivity contribution < 1.29 is 36.6 Å². The quantitative estimate of drug-likeness (QED) is 0.424. The number of carboxylic acids is 1. The molecule has 4 aromatic rings. The molecule has 1 amide bonds. The summed E-state index contributed by atoms with van der Waals surface area (Å²) in [5, 5.41) is 11.9. The van der Waals surface area contributed by atoms with Crippen molar-refractivity contribution in [1.82, 2.24) is 3.97 Å². The SMILES string of the molecule is COc1cc(F)c(NC(=O)c2ccccc2C(=O)O)cc1S(=O)(=O)n1ccc2ccc(F)cc21. The first-order valence-corrected chi connectivity index (χ1v) is 11.1. The Morgan fingerprint density at radius 1 is 1.00 bits per heavy atom. The maximum atomic E-state index is 14.7. The Morgan fingerprint density at radius 3 is 2.38 bits per heavy atom. The van der Waals surface area contributed by atoms with Gasteiger partial charge in [0.25, 0.3) is 15.9 Å². The van der Waals surface area contributed by atoms with Gasteiger partial charge in [-0.15, -0.1) is 0 Å². The van der Waals surface area contributed by atoms with Gasteiger partial charge in [0.05, 0.1) is 29.4 Å². The summed E-state index contributed by atoms with van der Waals surface area (Å²) in [5.41, 5.74) is -1.04. The zero-order valence-corrected chi connectivity index (χ0v) is 18.3. The number of carbonyl (C=O) groups excluding carboxylic acids is 1. The van der Waals surface area contributed by atoms with Gasteiger partial charge in [0.2, 0.25) is 0 Å². The van der Waals surface area contributed by atoms with Crippen LogP contribution in [0, 0.1) is 11.6 Å². The number of nitrogens with zero attached hydrogens (tertiary/aromatic N) is 1. The predicted octanol–water partition coefficient (Wildman–Crippen LogP) is 4.12. The highest BCUT2D eigenvalue weighted by atomic mass is 32.2. The topological polar surface area (TPSA) is 115 Å². The highest BCUT2D eigenvalue weighted by molar-refractivity contribution is 7.90. The molecule has 2 N–H and O–H groups in total.